The van der Waals surface area contributed by atoms with Gasteiger partial charge in [0.25, 0.3) is 0 Å². The fraction of sp³-hybridized carbons (Fsp3) is 0.462. The summed E-state index contributed by atoms with van der Waals surface area (Å²) in [6, 6.07) is 15.0. The zero-order valence-corrected chi connectivity index (χ0v) is 21.8. The van der Waals surface area contributed by atoms with Crippen LogP contribution in [0.15, 0.2) is 48.5 Å². The van der Waals surface area contributed by atoms with Gasteiger partial charge >= 0.3 is 0 Å². The molecule has 0 amide bonds. The molecular formula is C26H28O4S3. The molecule has 3 aliphatic rings. The van der Waals surface area contributed by atoms with E-state index in [0.29, 0.717) is 48.3 Å². The Morgan fingerprint density at radius 2 is 1.00 bits per heavy atom. The van der Waals surface area contributed by atoms with Gasteiger partial charge in [-0.3, -0.25) is 9.59 Å². The molecule has 0 aromatic heterocycles. The molecule has 0 saturated carbocycles. The minimum Gasteiger partial charge on any atom is -0.484 e. The Balaban J connectivity index is 1.72. The van der Waals surface area contributed by atoms with Crippen molar-refractivity contribution in [1.82, 2.24) is 0 Å². The lowest BCUT2D eigenvalue weighted by Gasteiger charge is -2.52. The van der Waals surface area contributed by atoms with Crippen molar-refractivity contribution in [2.75, 3.05) is 0 Å². The number of fused-ring (bicyclic) bond motifs is 2. The Labute approximate surface area is 207 Å². The number of hydrogen-bond donors (Lipinski definition) is 0. The van der Waals surface area contributed by atoms with E-state index in [1.54, 1.807) is 0 Å². The van der Waals surface area contributed by atoms with Gasteiger partial charge in [-0.25, -0.2) is 0 Å². The van der Waals surface area contributed by atoms with Gasteiger partial charge in [0.05, 0.1) is 11.1 Å². The Hall–Kier alpha value is -1.57. The van der Waals surface area contributed by atoms with Crippen LogP contribution < -0.4 is 9.47 Å². The molecule has 1 fully saturated rings. The third kappa shape index (κ3) is 2.82. The Kier molecular flexibility index (Phi) is 5.61. The standard InChI is InChI=1S/C26H28O4S3/c1-5-23(6-2)25(21(27)17-13-9-11-15-19(17)29-23)31-26(33-32-25)22(28)18-14-10-12-16-20(18)30-24(26,7-3)8-4/h9-16H,5-8H2,1-4H3/t25-,26-/m0/s1. The maximum Gasteiger partial charge on any atom is 0.197 e. The summed E-state index contributed by atoms with van der Waals surface area (Å²) in [6.45, 7) is 8.30. The van der Waals surface area contributed by atoms with Gasteiger partial charge < -0.3 is 9.47 Å². The molecule has 3 heterocycles. The number of carbonyl (C=O) groups excluding carboxylic acids is 2. The van der Waals surface area contributed by atoms with E-state index in [0.717, 1.165) is 0 Å². The maximum atomic E-state index is 14.3. The molecule has 33 heavy (non-hydrogen) atoms. The molecule has 2 aromatic carbocycles. The van der Waals surface area contributed by atoms with Gasteiger partial charge in [0.1, 0.15) is 22.7 Å². The Bertz CT molecular complexity index is 1040. The van der Waals surface area contributed by atoms with Gasteiger partial charge in [-0.1, -0.05) is 85.3 Å². The van der Waals surface area contributed by atoms with E-state index in [4.69, 9.17) is 9.47 Å². The van der Waals surface area contributed by atoms with Gasteiger partial charge in [0.15, 0.2) is 19.7 Å². The molecule has 4 nitrogen and oxygen atoms in total. The Morgan fingerprint density at radius 3 is 1.36 bits per heavy atom. The first kappa shape index (κ1) is 23.2. The second-order valence-corrected chi connectivity index (χ2v) is 13.3. The highest BCUT2D eigenvalue weighted by Gasteiger charge is 2.75. The molecule has 2 aromatic rings. The van der Waals surface area contributed by atoms with Crippen molar-refractivity contribution in [3.05, 3.63) is 59.7 Å². The van der Waals surface area contributed by atoms with E-state index in [2.05, 4.69) is 27.7 Å². The van der Waals surface area contributed by atoms with Crippen LogP contribution in [0.1, 0.15) is 74.1 Å². The predicted octanol–water partition coefficient (Wildman–Crippen LogP) is 7.18. The second kappa shape index (κ2) is 7.99. The van der Waals surface area contributed by atoms with E-state index < -0.39 is 19.4 Å². The van der Waals surface area contributed by atoms with Crippen molar-refractivity contribution in [1.29, 1.82) is 0 Å². The van der Waals surface area contributed by atoms with Gasteiger partial charge in [-0.05, 0) is 49.9 Å². The van der Waals surface area contributed by atoms with Crippen LogP contribution in [0.3, 0.4) is 0 Å². The van der Waals surface area contributed by atoms with Crippen LogP contribution in [0.25, 0.3) is 0 Å². The van der Waals surface area contributed by atoms with Gasteiger partial charge in [-0.15, -0.1) is 0 Å². The first-order valence-corrected chi connectivity index (χ1v) is 14.6. The van der Waals surface area contributed by atoms with Crippen molar-refractivity contribution >= 4 is 44.9 Å². The number of benzene rings is 2. The van der Waals surface area contributed by atoms with Crippen molar-refractivity contribution < 1.29 is 19.1 Å². The Morgan fingerprint density at radius 1 is 0.636 bits per heavy atom. The number of ketones is 2. The summed E-state index contributed by atoms with van der Waals surface area (Å²) >= 11 is 1.49. The van der Waals surface area contributed by atoms with Crippen molar-refractivity contribution in [3.8, 4) is 11.5 Å². The fourth-order valence-electron chi connectivity index (χ4n) is 5.39. The van der Waals surface area contributed by atoms with Crippen molar-refractivity contribution in [2.45, 2.75) is 72.7 Å². The first-order chi connectivity index (χ1) is 15.9. The summed E-state index contributed by atoms with van der Waals surface area (Å²) in [4.78, 5) is 28.5. The third-order valence-electron chi connectivity index (χ3n) is 7.52. The molecule has 7 heteroatoms. The van der Waals surface area contributed by atoms with Gasteiger partial charge in [0.2, 0.25) is 0 Å². The third-order valence-corrected chi connectivity index (χ3v) is 14.3. The lowest BCUT2D eigenvalue weighted by molar-refractivity contribution is 0.0262. The number of rotatable bonds is 4. The van der Waals surface area contributed by atoms with E-state index >= 15 is 0 Å². The smallest absolute Gasteiger partial charge is 0.197 e. The number of thioether (sulfide) groups is 1. The molecule has 1 saturated heterocycles. The number of hydrogen-bond acceptors (Lipinski definition) is 7. The van der Waals surface area contributed by atoms with E-state index in [9.17, 15) is 9.59 Å². The maximum absolute atomic E-state index is 14.3. The van der Waals surface area contributed by atoms with Crippen LogP contribution in [0.2, 0.25) is 0 Å². The number of para-hydroxylation sites is 2. The van der Waals surface area contributed by atoms with Crippen LogP contribution in [-0.4, -0.2) is 30.9 Å². The van der Waals surface area contributed by atoms with Crippen LogP contribution in [0.4, 0.5) is 0 Å². The fourth-order valence-corrected chi connectivity index (χ4v) is 13.3. The highest BCUT2D eigenvalue weighted by atomic mass is 33.1. The van der Waals surface area contributed by atoms with E-state index in [1.165, 1.54) is 33.3 Å². The van der Waals surface area contributed by atoms with Crippen LogP contribution >= 0.6 is 33.3 Å². The monoisotopic (exact) mass is 500 g/mol. The second-order valence-electron chi connectivity index (χ2n) is 8.76. The molecule has 0 unspecified atom stereocenters. The topological polar surface area (TPSA) is 52.6 Å². The largest absolute Gasteiger partial charge is 0.484 e. The number of Topliss-reactive ketones (excluding diaryl/α,β-unsaturated/α-hetero) is 2. The summed E-state index contributed by atoms with van der Waals surface area (Å²) < 4.78 is 11.4. The highest BCUT2D eigenvalue weighted by Crippen LogP contribution is 2.76. The van der Waals surface area contributed by atoms with Gasteiger partial charge in [-0.2, -0.15) is 0 Å². The molecule has 2 spiro atoms. The minimum absolute atomic E-state index is 0.0418. The SMILES string of the molecule is CCC1(CC)Oc2ccccc2C(=O)[C@]12SS[C@@]1(S2)C(=O)c2ccccc2OC1(CC)CC. The highest BCUT2D eigenvalue weighted by molar-refractivity contribution is 8.84. The zero-order valence-electron chi connectivity index (χ0n) is 19.3. The molecule has 0 aliphatic carbocycles. The van der Waals surface area contributed by atoms with Crippen LogP contribution in [0.5, 0.6) is 11.5 Å². The number of ether oxygens (including phenoxy) is 2. The molecule has 3 aliphatic heterocycles. The summed E-state index contributed by atoms with van der Waals surface area (Å²) in [7, 11) is 3.03. The van der Waals surface area contributed by atoms with E-state index in [-0.39, 0.29) is 11.6 Å². The van der Waals surface area contributed by atoms with Gasteiger partial charge in [0, 0.05) is 0 Å². The average Bonchev–Trinajstić information content (AvgIpc) is 3.27. The first-order valence-electron chi connectivity index (χ1n) is 11.6. The molecular weight excluding hydrogens is 472 g/mol. The quantitative estimate of drug-likeness (QED) is 0.412. The van der Waals surface area contributed by atoms with E-state index in [1.807, 2.05) is 48.5 Å². The molecule has 2 atom stereocenters. The molecule has 0 N–H and O–H groups in total. The van der Waals surface area contributed by atoms with Crippen molar-refractivity contribution in [3.63, 3.8) is 0 Å². The molecule has 0 bridgehead atoms. The minimum atomic E-state index is -0.948. The lowest BCUT2D eigenvalue weighted by Crippen LogP contribution is -2.64. The number of carbonyl (C=O) groups is 2. The predicted molar refractivity (Wildman–Crippen MR) is 138 cm³/mol. The van der Waals surface area contributed by atoms with Crippen LogP contribution in [-0.2, 0) is 0 Å². The summed E-state index contributed by atoms with van der Waals surface area (Å²) in [5.74, 6) is 1.36. The lowest BCUT2D eigenvalue weighted by atomic mass is 9.83. The molecule has 5 rings (SSSR count). The molecule has 0 radical (unpaired) electrons. The summed E-state index contributed by atoms with van der Waals surface area (Å²) in [6.07, 6.45) is 2.66. The molecule has 174 valence electrons. The van der Waals surface area contributed by atoms with Crippen LogP contribution in [0, 0.1) is 0 Å². The summed E-state index contributed by atoms with van der Waals surface area (Å²) in [5.41, 5.74) is -0.268. The normalized spacial score (nSPS) is 28.8. The average molecular weight is 501 g/mol. The van der Waals surface area contributed by atoms with Crippen molar-refractivity contribution in [2.24, 2.45) is 0 Å². The summed E-state index contributed by atoms with van der Waals surface area (Å²) in [5, 5.41) is 0. The zero-order chi connectivity index (χ0) is 23.5.